The second-order valence-electron chi connectivity index (χ2n) is 8.70. The fraction of sp³-hybridized carbons (Fsp3) is 0.179. The zero-order valence-electron chi connectivity index (χ0n) is 19.7. The van der Waals surface area contributed by atoms with Crippen molar-refractivity contribution in [2.45, 2.75) is 19.4 Å². The average Bonchev–Trinajstić information content (AvgIpc) is 3.26. The summed E-state index contributed by atoms with van der Waals surface area (Å²) in [5, 5.41) is 3.01. The van der Waals surface area contributed by atoms with Gasteiger partial charge in [-0.15, -0.1) is 0 Å². The number of fused-ring (bicyclic) bond motifs is 1. The fourth-order valence-electron chi connectivity index (χ4n) is 4.25. The summed E-state index contributed by atoms with van der Waals surface area (Å²) >= 11 is 0. The lowest BCUT2D eigenvalue weighted by molar-refractivity contribution is 0.102. The van der Waals surface area contributed by atoms with Crippen molar-refractivity contribution in [1.29, 1.82) is 0 Å². The summed E-state index contributed by atoms with van der Waals surface area (Å²) in [6, 6.07) is 19.2. The highest BCUT2D eigenvalue weighted by molar-refractivity contribution is 6.05. The van der Waals surface area contributed by atoms with Gasteiger partial charge < -0.3 is 20.7 Å². The summed E-state index contributed by atoms with van der Waals surface area (Å²) in [5.41, 5.74) is 12.5. The largest absolute Gasteiger partial charge is 0.482 e. The highest BCUT2D eigenvalue weighted by Crippen LogP contribution is 2.31. The van der Waals surface area contributed by atoms with Crippen LogP contribution in [0.5, 0.6) is 5.75 Å². The molecule has 0 spiro atoms. The lowest BCUT2D eigenvalue weighted by Crippen LogP contribution is -2.15. The molecular formula is C28H27N5O2. The van der Waals surface area contributed by atoms with Crippen molar-refractivity contribution in [2.24, 2.45) is 0 Å². The number of ether oxygens (including phenoxy) is 1. The fourth-order valence-corrected chi connectivity index (χ4v) is 4.25. The number of nitrogens with zero attached hydrogens (tertiary/aromatic N) is 3. The zero-order valence-corrected chi connectivity index (χ0v) is 19.7. The second kappa shape index (κ2) is 9.46. The van der Waals surface area contributed by atoms with E-state index in [4.69, 9.17) is 10.5 Å². The Morgan fingerprint density at radius 2 is 1.97 bits per heavy atom. The van der Waals surface area contributed by atoms with E-state index in [9.17, 15) is 4.79 Å². The van der Waals surface area contributed by atoms with Crippen LogP contribution in [0.4, 0.5) is 17.2 Å². The van der Waals surface area contributed by atoms with Crippen molar-refractivity contribution in [3.05, 3.63) is 95.9 Å². The van der Waals surface area contributed by atoms with Gasteiger partial charge in [0.1, 0.15) is 6.10 Å². The molecule has 7 heteroatoms. The van der Waals surface area contributed by atoms with E-state index in [2.05, 4.69) is 20.2 Å². The number of carbonyl (C=O) groups excluding carboxylic acids is 1. The van der Waals surface area contributed by atoms with E-state index < -0.39 is 0 Å². The number of aromatic nitrogens is 2. The summed E-state index contributed by atoms with van der Waals surface area (Å²) in [5.74, 6) is 0.669. The van der Waals surface area contributed by atoms with E-state index in [0.717, 1.165) is 35.3 Å². The maximum absolute atomic E-state index is 12.9. The van der Waals surface area contributed by atoms with Crippen LogP contribution in [0, 0.1) is 0 Å². The zero-order chi connectivity index (χ0) is 24.4. The third kappa shape index (κ3) is 4.80. The third-order valence-electron chi connectivity index (χ3n) is 6.27. The standard InChI is InChI=1S/C28H27N5O2/c1-18(35-26-15-23(17-31-27(26)29)22-6-4-11-30-16-22)20-5-3-7-24(13-20)32-28(34)21-9-8-19-10-12-33(2)25(19)14-21/h3-9,11,13-18H,10,12H2,1-2H3,(H2,29,31)(H,32,34)/t18-/m1/s1. The first-order valence-corrected chi connectivity index (χ1v) is 11.6. The Labute approximate surface area is 204 Å². The molecule has 5 rings (SSSR count). The molecule has 0 radical (unpaired) electrons. The Balaban J connectivity index is 1.31. The Kier molecular flexibility index (Phi) is 6.06. The molecule has 3 N–H and O–H groups in total. The SMILES string of the molecule is C[C@@H](Oc1cc(-c2cccnc2)cnc1N)c1cccc(NC(=O)c2ccc3c(c2)N(C)CC3)c1. The number of nitrogen functional groups attached to an aromatic ring is 1. The molecule has 2 aromatic carbocycles. The minimum absolute atomic E-state index is 0.142. The number of anilines is 3. The highest BCUT2D eigenvalue weighted by atomic mass is 16.5. The van der Waals surface area contributed by atoms with Crippen LogP contribution in [0.15, 0.2) is 79.3 Å². The van der Waals surface area contributed by atoms with Crippen molar-refractivity contribution in [1.82, 2.24) is 9.97 Å². The number of rotatable bonds is 6. The molecule has 0 saturated carbocycles. The van der Waals surface area contributed by atoms with E-state index in [0.29, 0.717) is 22.8 Å². The molecule has 3 heterocycles. The molecule has 1 atom stereocenters. The monoisotopic (exact) mass is 465 g/mol. The van der Waals surface area contributed by atoms with E-state index in [-0.39, 0.29) is 12.0 Å². The Morgan fingerprint density at radius 3 is 2.80 bits per heavy atom. The predicted molar refractivity (Wildman–Crippen MR) is 139 cm³/mol. The molecule has 1 aliphatic rings. The van der Waals surface area contributed by atoms with E-state index in [1.54, 1.807) is 18.6 Å². The summed E-state index contributed by atoms with van der Waals surface area (Å²) < 4.78 is 6.17. The minimum atomic E-state index is -0.311. The van der Waals surface area contributed by atoms with Crippen LogP contribution in [-0.4, -0.2) is 29.5 Å². The molecule has 0 bridgehead atoms. The Bertz CT molecular complexity index is 1370. The van der Waals surface area contributed by atoms with Crippen LogP contribution in [0.3, 0.4) is 0 Å². The van der Waals surface area contributed by atoms with Gasteiger partial charge in [0.15, 0.2) is 11.6 Å². The van der Waals surface area contributed by atoms with Gasteiger partial charge >= 0.3 is 0 Å². The molecule has 1 amide bonds. The van der Waals surface area contributed by atoms with Crippen LogP contribution in [0.1, 0.15) is 34.5 Å². The molecule has 0 unspecified atom stereocenters. The summed E-state index contributed by atoms with van der Waals surface area (Å²) in [7, 11) is 2.05. The first-order chi connectivity index (χ1) is 17.0. The number of nitrogens with two attached hydrogens (primary N) is 1. The number of benzene rings is 2. The number of carbonyl (C=O) groups is 1. The molecular weight excluding hydrogens is 438 g/mol. The predicted octanol–water partition coefficient (Wildman–Crippen LogP) is 5.11. The summed E-state index contributed by atoms with van der Waals surface area (Å²) in [6.45, 7) is 2.92. The van der Waals surface area contributed by atoms with Crippen LogP contribution in [0.2, 0.25) is 0 Å². The average molecular weight is 466 g/mol. The van der Waals surface area contributed by atoms with Crippen LogP contribution >= 0.6 is 0 Å². The van der Waals surface area contributed by atoms with Gasteiger partial charge in [-0.05, 0) is 60.9 Å². The molecule has 0 aliphatic carbocycles. The molecule has 0 saturated heterocycles. The van der Waals surface area contributed by atoms with Crippen molar-refractivity contribution >= 4 is 23.1 Å². The molecule has 176 valence electrons. The van der Waals surface area contributed by atoms with Gasteiger partial charge in [0.05, 0.1) is 0 Å². The molecule has 1 aliphatic heterocycles. The van der Waals surface area contributed by atoms with Gasteiger partial charge in [-0.25, -0.2) is 4.98 Å². The number of nitrogens with one attached hydrogen (secondary N) is 1. The first-order valence-electron chi connectivity index (χ1n) is 11.6. The van der Waals surface area contributed by atoms with Gasteiger partial charge in [-0.3, -0.25) is 9.78 Å². The van der Waals surface area contributed by atoms with E-state index in [1.165, 1.54) is 5.56 Å². The molecule has 2 aromatic heterocycles. The Hall–Kier alpha value is -4.39. The molecule has 7 nitrogen and oxygen atoms in total. The third-order valence-corrected chi connectivity index (χ3v) is 6.27. The topological polar surface area (TPSA) is 93.4 Å². The number of pyridine rings is 2. The van der Waals surface area contributed by atoms with Crippen molar-refractivity contribution in [2.75, 3.05) is 29.5 Å². The van der Waals surface area contributed by atoms with Gasteiger partial charge in [-0.1, -0.05) is 24.3 Å². The van der Waals surface area contributed by atoms with Gasteiger partial charge in [-0.2, -0.15) is 0 Å². The lowest BCUT2D eigenvalue weighted by Gasteiger charge is -2.18. The quantitative estimate of drug-likeness (QED) is 0.411. The van der Waals surface area contributed by atoms with Gasteiger partial charge in [0, 0.05) is 60.2 Å². The normalized spacial score (nSPS) is 13.3. The van der Waals surface area contributed by atoms with Crippen LogP contribution in [0.25, 0.3) is 11.1 Å². The highest BCUT2D eigenvalue weighted by Gasteiger charge is 2.18. The lowest BCUT2D eigenvalue weighted by atomic mass is 10.1. The summed E-state index contributed by atoms with van der Waals surface area (Å²) in [6.07, 6.45) is 5.90. The number of likely N-dealkylation sites (N-methyl/N-ethyl adjacent to an activating group) is 1. The van der Waals surface area contributed by atoms with Crippen molar-refractivity contribution < 1.29 is 9.53 Å². The van der Waals surface area contributed by atoms with Crippen LogP contribution in [-0.2, 0) is 6.42 Å². The first kappa shape index (κ1) is 22.4. The minimum Gasteiger partial charge on any atom is -0.482 e. The molecule has 0 fully saturated rings. The van der Waals surface area contributed by atoms with Crippen molar-refractivity contribution in [3.8, 4) is 16.9 Å². The van der Waals surface area contributed by atoms with E-state index >= 15 is 0 Å². The molecule has 4 aromatic rings. The van der Waals surface area contributed by atoms with Crippen molar-refractivity contribution in [3.63, 3.8) is 0 Å². The smallest absolute Gasteiger partial charge is 0.255 e. The Morgan fingerprint density at radius 1 is 1.09 bits per heavy atom. The second-order valence-corrected chi connectivity index (χ2v) is 8.70. The maximum atomic E-state index is 12.9. The van der Waals surface area contributed by atoms with E-state index in [1.807, 2.05) is 74.6 Å². The van der Waals surface area contributed by atoms with Gasteiger partial charge in [0.2, 0.25) is 0 Å². The number of hydrogen-bond acceptors (Lipinski definition) is 6. The van der Waals surface area contributed by atoms with Crippen LogP contribution < -0.4 is 20.7 Å². The summed E-state index contributed by atoms with van der Waals surface area (Å²) in [4.78, 5) is 23.5. The number of amides is 1. The number of hydrogen-bond donors (Lipinski definition) is 2. The van der Waals surface area contributed by atoms with Gasteiger partial charge in [0.25, 0.3) is 5.91 Å². The maximum Gasteiger partial charge on any atom is 0.255 e. The molecule has 35 heavy (non-hydrogen) atoms.